The fourth-order valence-electron chi connectivity index (χ4n) is 0.240. The second-order valence-corrected chi connectivity index (χ2v) is 3.28. The molecule has 0 saturated heterocycles. The van der Waals surface area contributed by atoms with Gasteiger partial charge in [-0.1, -0.05) is 0 Å². The molecule has 1 unspecified atom stereocenters. The molecule has 3 nitrogen and oxygen atoms in total. The van der Waals surface area contributed by atoms with E-state index in [1.807, 2.05) is 5.82 Å². The predicted octanol–water partition coefficient (Wildman–Crippen LogP) is -0.997. The summed E-state index contributed by atoms with van der Waals surface area (Å²) in [6, 6.07) is 0. The SMILES string of the molecule is C[Se]CC(O)C(N)=O. The fraction of sp³-hybridized carbons (Fsp3) is 0.750. The molecule has 0 aromatic carbocycles. The quantitative estimate of drug-likeness (QED) is 0.550. The van der Waals surface area contributed by atoms with E-state index in [0.717, 1.165) is 0 Å². The summed E-state index contributed by atoms with van der Waals surface area (Å²) in [5.74, 6) is 1.33. The average molecular weight is 182 g/mol. The predicted molar refractivity (Wildman–Crippen MR) is 31.6 cm³/mol. The van der Waals surface area contributed by atoms with Crippen molar-refractivity contribution in [1.29, 1.82) is 0 Å². The van der Waals surface area contributed by atoms with E-state index >= 15 is 0 Å². The second kappa shape index (κ2) is 3.89. The van der Waals surface area contributed by atoms with Gasteiger partial charge >= 0.3 is 53.7 Å². The van der Waals surface area contributed by atoms with Crippen LogP contribution in [0.25, 0.3) is 0 Å². The molecule has 1 amide bonds. The van der Waals surface area contributed by atoms with E-state index in [1.165, 1.54) is 0 Å². The van der Waals surface area contributed by atoms with Gasteiger partial charge in [0.25, 0.3) is 0 Å². The molecule has 8 heavy (non-hydrogen) atoms. The monoisotopic (exact) mass is 183 g/mol. The molecule has 0 aromatic rings. The number of aliphatic hydroxyl groups is 1. The van der Waals surface area contributed by atoms with Gasteiger partial charge < -0.3 is 0 Å². The van der Waals surface area contributed by atoms with Crippen molar-refractivity contribution < 1.29 is 9.90 Å². The molecule has 0 radical (unpaired) electrons. The average Bonchev–Trinajstić information content (AvgIpc) is 1.67. The summed E-state index contributed by atoms with van der Waals surface area (Å²) in [7, 11) is 0. The van der Waals surface area contributed by atoms with Crippen molar-refractivity contribution in [2.24, 2.45) is 5.73 Å². The number of rotatable bonds is 3. The maximum absolute atomic E-state index is 10.1. The van der Waals surface area contributed by atoms with Crippen LogP contribution in [0.1, 0.15) is 0 Å². The van der Waals surface area contributed by atoms with Crippen LogP contribution in [0.4, 0.5) is 0 Å². The third kappa shape index (κ3) is 3.02. The molecule has 0 fully saturated rings. The van der Waals surface area contributed by atoms with E-state index in [0.29, 0.717) is 20.3 Å². The summed E-state index contributed by atoms with van der Waals surface area (Å²) in [5.41, 5.74) is 4.74. The van der Waals surface area contributed by atoms with E-state index in [2.05, 4.69) is 0 Å². The Morgan fingerprint density at radius 2 is 2.50 bits per heavy atom. The molecule has 0 saturated carbocycles. The number of carbonyl (C=O) groups is 1. The number of nitrogens with two attached hydrogens (primary N) is 1. The van der Waals surface area contributed by atoms with Gasteiger partial charge in [-0.3, -0.25) is 0 Å². The molecule has 0 heterocycles. The molecule has 1 atom stereocenters. The first kappa shape index (κ1) is 7.95. The van der Waals surface area contributed by atoms with Gasteiger partial charge in [0.15, 0.2) is 0 Å². The number of amides is 1. The number of aliphatic hydroxyl groups excluding tert-OH is 1. The molecule has 0 aliphatic carbocycles. The molecule has 48 valence electrons. The van der Waals surface area contributed by atoms with Crippen molar-refractivity contribution in [1.82, 2.24) is 0 Å². The molecule has 0 aliphatic heterocycles. The van der Waals surface area contributed by atoms with Crippen LogP contribution in [-0.2, 0) is 4.79 Å². The van der Waals surface area contributed by atoms with Gasteiger partial charge in [-0.25, -0.2) is 0 Å². The Hall–Kier alpha value is -0.0505. The molecule has 0 aromatic heterocycles. The van der Waals surface area contributed by atoms with Gasteiger partial charge in [0.05, 0.1) is 0 Å². The Balaban J connectivity index is 3.32. The van der Waals surface area contributed by atoms with Gasteiger partial charge in [0.1, 0.15) is 0 Å². The summed E-state index contributed by atoms with van der Waals surface area (Å²) in [5, 5.41) is 9.20. The minimum absolute atomic E-state index is 0.328. The van der Waals surface area contributed by atoms with Gasteiger partial charge in [0.2, 0.25) is 0 Å². The summed E-state index contributed by atoms with van der Waals surface area (Å²) in [4.78, 5) is 10.1. The van der Waals surface area contributed by atoms with Crippen LogP contribution >= 0.6 is 0 Å². The normalized spacial score (nSPS) is 13.2. The van der Waals surface area contributed by atoms with Crippen LogP contribution in [0.2, 0.25) is 11.1 Å². The zero-order chi connectivity index (χ0) is 6.57. The second-order valence-electron chi connectivity index (χ2n) is 1.37. The van der Waals surface area contributed by atoms with Gasteiger partial charge in [0, 0.05) is 0 Å². The van der Waals surface area contributed by atoms with Crippen LogP contribution < -0.4 is 5.73 Å². The maximum atomic E-state index is 10.1. The van der Waals surface area contributed by atoms with Crippen LogP contribution in [-0.4, -0.2) is 32.1 Å². The van der Waals surface area contributed by atoms with Gasteiger partial charge in [-0.2, -0.15) is 0 Å². The number of carbonyl (C=O) groups excluding carboxylic acids is 1. The van der Waals surface area contributed by atoms with Crippen molar-refractivity contribution in [3.63, 3.8) is 0 Å². The summed E-state index contributed by atoms with van der Waals surface area (Å²) >= 11 is 0.328. The molecule has 0 rings (SSSR count). The summed E-state index contributed by atoms with van der Waals surface area (Å²) in [6.07, 6.45) is -0.917. The van der Waals surface area contributed by atoms with Crippen molar-refractivity contribution >= 4 is 20.9 Å². The van der Waals surface area contributed by atoms with Crippen molar-refractivity contribution in [3.05, 3.63) is 0 Å². The van der Waals surface area contributed by atoms with Crippen molar-refractivity contribution in [2.45, 2.75) is 17.2 Å². The molecular weight excluding hydrogens is 173 g/mol. The zero-order valence-electron chi connectivity index (χ0n) is 4.63. The van der Waals surface area contributed by atoms with E-state index in [9.17, 15) is 4.79 Å². The van der Waals surface area contributed by atoms with E-state index in [1.54, 1.807) is 0 Å². The van der Waals surface area contributed by atoms with Crippen LogP contribution in [0.15, 0.2) is 0 Å². The first-order valence-corrected chi connectivity index (χ1v) is 5.07. The minimum atomic E-state index is -0.917. The Morgan fingerprint density at radius 3 is 2.62 bits per heavy atom. The summed E-state index contributed by atoms with van der Waals surface area (Å²) < 4.78 is 0. The number of hydrogen-bond acceptors (Lipinski definition) is 2. The molecule has 0 spiro atoms. The molecule has 4 heteroatoms. The number of hydrogen-bond donors (Lipinski definition) is 2. The summed E-state index contributed by atoms with van der Waals surface area (Å²) in [6.45, 7) is 0. The van der Waals surface area contributed by atoms with Gasteiger partial charge in [-0.15, -0.1) is 0 Å². The Kier molecular flexibility index (Phi) is 3.87. The molecule has 0 aliphatic rings. The molecule has 0 bridgehead atoms. The topological polar surface area (TPSA) is 63.3 Å². The Morgan fingerprint density at radius 1 is 2.00 bits per heavy atom. The van der Waals surface area contributed by atoms with E-state index in [-0.39, 0.29) is 0 Å². The van der Waals surface area contributed by atoms with Crippen molar-refractivity contribution in [2.75, 3.05) is 0 Å². The fourth-order valence-corrected chi connectivity index (χ4v) is 1.25. The van der Waals surface area contributed by atoms with E-state index in [4.69, 9.17) is 10.8 Å². The number of primary amides is 1. The van der Waals surface area contributed by atoms with Crippen LogP contribution in [0.5, 0.6) is 0 Å². The van der Waals surface area contributed by atoms with E-state index < -0.39 is 12.0 Å². The Bertz CT molecular complexity index is 86.1. The van der Waals surface area contributed by atoms with Gasteiger partial charge in [-0.05, 0) is 0 Å². The zero-order valence-corrected chi connectivity index (χ0v) is 6.34. The first-order chi connectivity index (χ1) is 3.68. The standard InChI is InChI=1S/C4H9NO2Se/c1-8-2-3(6)4(5)7/h3,6H,2H2,1H3,(H2,5,7). The van der Waals surface area contributed by atoms with Crippen molar-refractivity contribution in [3.8, 4) is 0 Å². The first-order valence-electron chi connectivity index (χ1n) is 2.14. The molecule has 3 N–H and O–H groups in total. The Labute approximate surface area is 54.4 Å². The third-order valence-corrected chi connectivity index (χ3v) is 2.01. The van der Waals surface area contributed by atoms with Crippen LogP contribution in [0.3, 0.4) is 0 Å². The third-order valence-electron chi connectivity index (χ3n) is 0.653. The van der Waals surface area contributed by atoms with Crippen LogP contribution in [0, 0.1) is 0 Å². The molecular formula is C4H9NO2Se.